The molecule has 13 nitrogen and oxygen atoms in total. The van der Waals surface area contributed by atoms with Crippen molar-refractivity contribution in [2.45, 2.75) is 166 Å². The number of nitrogens with two attached hydrogens (primary N) is 1. The standard InChI is InChI=1S/C49H85N2O11PS/c1-6-8-10-12-14-16-18-20-21-22-24-26-28-30-32-37-48(55)62-43(41-61-63(57,58)60-39-38-51(3,4)5)40-59-49(56)44(50)42-64-46(45(52)34-33-36-47(53)54)35-31-29-27-25-23-19-17-15-13-11-9-7-2/h14-17,20-21,23,25,27,29,31,35,43-46,52H,6-13,18-19,22,24,26,28,30,32-34,36-42,50H2,1-5H3,(H-,53,54,57,58)/b16-14-,17-15-,21-20-,25-23-,29-27+,35-31+/t43-,44+,45+,46-/m1/s1. The number of aliphatic carboxylic acids is 1. The van der Waals surface area contributed by atoms with Crippen LogP contribution in [0.3, 0.4) is 0 Å². The van der Waals surface area contributed by atoms with Crippen molar-refractivity contribution in [2.75, 3.05) is 53.3 Å². The first-order valence-corrected chi connectivity index (χ1v) is 26.1. The molecular weight excluding hydrogens is 856 g/mol. The lowest BCUT2D eigenvalue weighted by Crippen LogP contribution is -2.39. The van der Waals surface area contributed by atoms with Gasteiger partial charge in [-0.15, -0.1) is 11.8 Å². The highest BCUT2D eigenvalue weighted by Gasteiger charge is 2.25. The van der Waals surface area contributed by atoms with Crippen molar-refractivity contribution < 1.29 is 57.1 Å². The molecule has 0 heterocycles. The van der Waals surface area contributed by atoms with Gasteiger partial charge in [-0.1, -0.05) is 132 Å². The minimum atomic E-state index is -4.77. The molecule has 0 saturated heterocycles. The van der Waals surface area contributed by atoms with E-state index in [4.69, 9.17) is 29.4 Å². The molecule has 0 aliphatic rings. The number of esters is 2. The van der Waals surface area contributed by atoms with Crippen LogP contribution in [0.5, 0.6) is 0 Å². The number of phosphoric acid groups is 1. The molecule has 0 rings (SSSR count). The number of phosphoric ester groups is 1. The van der Waals surface area contributed by atoms with E-state index in [0.717, 1.165) is 57.8 Å². The molecule has 0 spiro atoms. The minimum Gasteiger partial charge on any atom is -0.756 e. The summed E-state index contributed by atoms with van der Waals surface area (Å²) in [5.74, 6) is -2.31. The van der Waals surface area contributed by atoms with Gasteiger partial charge < -0.3 is 43.8 Å². The van der Waals surface area contributed by atoms with E-state index in [0.29, 0.717) is 17.4 Å². The SMILES string of the molecule is CCCCC/C=C\C\C=C/C=C/C=C/[C@@H](SC[C@H](N)C(=O)OC[C@H](COP(=O)([O-])OCC[N+](C)(C)C)OC(=O)CCCCCCC/C=C\C/C=C\CCCCC)[C@@H](O)CCCC(=O)O. The molecule has 368 valence electrons. The molecule has 64 heavy (non-hydrogen) atoms. The number of nitrogens with zero attached hydrogens (tertiary/aromatic N) is 1. The van der Waals surface area contributed by atoms with E-state index >= 15 is 0 Å². The fraction of sp³-hybridized carbons (Fsp3) is 0.694. The first-order chi connectivity index (χ1) is 30.6. The summed E-state index contributed by atoms with van der Waals surface area (Å²) in [6, 6.07) is -1.14. The highest BCUT2D eigenvalue weighted by molar-refractivity contribution is 8.00. The Morgan fingerprint density at radius 2 is 1.31 bits per heavy atom. The molecule has 0 aromatic rings. The zero-order chi connectivity index (χ0) is 47.7. The number of hydrogen-bond acceptors (Lipinski definition) is 12. The summed E-state index contributed by atoms with van der Waals surface area (Å²) in [5.41, 5.74) is 6.20. The van der Waals surface area contributed by atoms with E-state index in [1.165, 1.54) is 50.3 Å². The third-order valence-electron chi connectivity index (χ3n) is 9.70. The summed E-state index contributed by atoms with van der Waals surface area (Å²) >= 11 is 1.22. The van der Waals surface area contributed by atoms with Crippen LogP contribution in [0, 0.1) is 0 Å². The van der Waals surface area contributed by atoms with Crippen molar-refractivity contribution in [2.24, 2.45) is 5.73 Å². The average molecular weight is 941 g/mol. The molecule has 0 aromatic heterocycles. The Labute approximate surface area is 390 Å². The second-order valence-corrected chi connectivity index (χ2v) is 19.6. The van der Waals surface area contributed by atoms with Crippen LogP contribution in [0.25, 0.3) is 0 Å². The fourth-order valence-corrected chi connectivity index (χ4v) is 7.68. The number of aliphatic hydroxyl groups is 1. The Bertz CT molecular complexity index is 1440. The van der Waals surface area contributed by atoms with Crippen LogP contribution in [0.4, 0.5) is 0 Å². The van der Waals surface area contributed by atoms with Crippen LogP contribution < -0.4 is 10.6 Å². The number of hydrogen-bond donors (Lipinski definition) is 3. The third kappa shape index (κ3) is 40.7. The fourth-order valence-electron chi connectivity index (χ4n) is 5.83. The van der Waals surface area contributed by atoms with Gasteiger partial charge in [0, 0.05) is 23.8 Å². The van der Waals surface area contributed by atoms with Crippen LogP contribution >= 0.6 is 19.6 Å². The number of carboxylic acid groups (broad SMARTS) is 1. The normalized spacial score (nSPS) is 15.5. The molecule has 0 bridgehead atoms. The molecular formula is C49H85N2O11PS. The van der Waals surface area contributed by atoms with Crippen LogP contribution in [-0.2, 0) is 37.5 Å². The minimum absolute atomic E-state index is 0.0434. The average Bonchev–Trinajstić information content (AvgIpc) is 3.23. The van der Waals surface area contributed by atoms with Gasteiger partial charge in [-0.05, 0) is 70.6 Å². The van der Waals surface area contributed by atoms with Crippen molar-refractivity contribution in [1.29, 1.82) is 0 Å². The lowest BCUT2D eigenvalue weighted by atomic mass is 10.1. The van der Waals surface area contributed by atoms with Gasteiger partial charge in [0.15, 0.2) is 6.10 Å². The lowest BCUT2D eigenvalue weighted by molar-refractivity contribution is -0.870. The second-order valence-electron chi connectivity index (χ2n) is 17.0. The molecule has 0 amide bonds. The zero-order valence-corrected chi connectivity index (χ0v) is 41.6. The van der Waals surface area contributed by atoms with Crippen molar-refractivity contribution in [1.82, 2.24) is 0 Å². The predicted octanol–water partition coefficient (Wildman–Crippen LogP) is 9.70. The zero-order valence-electron chi connectivity index (χ0n) is 39.9. The van der Waals surface area contributed by atoms with Crippen molar-refractivity contribution >= 4 is 37.5 Å². The van der Waals surface area contributed by atoms with E-state index in [-0.39, 0.29) is 38.0 Å². The van der Waals surface area contributed by atoms with Gasteiger partial charge in [-0.25, -0.2) is 0 Å². The molecule has 0 aliphatic carbocycles. The van der Waals surface area contributed by atoms with E-state index in [9.17, 15) is 28.9 Å². The number of rotatable bonds is 42. The van der Waals surface area contributed by atoms with Gasteiger partial charge in [0.05, 0.1) is 33.9 Å². The highest BCUT2D eigenvalue weighted by Crippen LogP contribution is 2.38. The number of allylic oxidation sites excluding steroid dienone is 11. The molecule has 0 saturated carbocycles. The maximum Gasteiger partial charge on any atom is 0.323 e. The maximum atomic E-state index is 13.0. The van der Waals surface area contributed by atoms with Crippen LogP contribution in [0.15, 0.2) is 72.9 Å². The first kappa shape index (κ1) is 61.2. The topological polar surface area (TPSA) is 195 Å². The molecule has 1 unspecified atom stereocenters. The number of ether oxygens (including phenoxy) is 2. The first-order valence-electron chi connectivity index (χ1n) is 23.6. The molecule has 0 fully saturated rings. The Morgan fingerprint density at radius 3 is 1.92 bits per heavy atom. The van der Waals surface area contributed by atoms with Crippen molar-refractivity contribution in [3.63, 3.8) is 0 Å². The van der Waals surface area contributed by atoms with Crippen LogP contribution in [0.1, 0.15) is 142 Å². The quantitative estimate of drug-likeness (QED) is 0.0131. The highest BCUT2D eigenvalue weighted by atomic mass is 32.2. The smallest absolute Gasteiger partial charge is 0.323 e. The molecule has 4 N–H and O–H groups in total. The number of quaternary nitrogens is 1. The summed E-state index contributed by atoms with van der Waals surface area (Å²) in [7, 11) is 0.886. The summed E-state index contributed by atoms with van der Waals surface area (Å²) in [6.45, 7) is 3.55. The van der Waals surface area contributed by atoms with Gasteiger partial charge in [-0.3, -0.25) is 18.9 Å². The molecule has 0 aromatic carbocycles. The monoisotopic (exact) mass is 941 g/mol. The molecule has 5 atom stereocenters. The lowest BCUT2D eigenvalue weighted by Gasteiger charge is -2.28. The Morgan fingerprint density at radius 1 is 0.734 bits per heavy atom. The molecule has 0 aliphatic heterocycles. The van der Waals surface area contributed by atoms with E-state index < -0.39 is 62.4 Å². The summed E-state index contributed by atoms with van der Waals surface area (Å²) in [5, 5.41) is 19.5. The number of carbonyl (C=O) groups is 3. The summed E-state index contributed by atoms with van der Waals surface area (Å²) in [4.78, 5) is 49.5. The number of carbonyl (C=O) groups excluding carboxylic acids is 2. The van der Waals surface area contributed by atoms with E-state index in [2.05, 4.69) is 50.3 Å². The largest absolute Gasteiger partial charge is 0.756 e. The van der Waals surface area contributed by atoms with E-state index in [1.54, 1.807) is 12.2 Å². The molecule has 15 heteroatoms. The van der Waals surface area contributed by atoms with Gasteiger partial charge in [-0.2, -0.15) is 0 Å². The van der Waals surface area contributed by atoms with Crippen molar-refractivity contribution in [3.05, 3.63) is 72.9 Å². The van der Waals surface area contributed by atoms with E-state index in [1.807, 2.05) is 45.4 Å². The predicted molar refractivity (Wildman–Crippen MR) is 260 cm³/mol. The maximum absolute atomic E-state index is 13.0. The number of thioether (sulfide) groups is 1. The molecule has 0 radical (unpaired) electrons. The summed E-state index contributed by atoms with van der Waals surface area (Å²) in [6.07, 6.45) is 39.7. The summed E-state index contributed by atoms with van der Waals surface area (Å²) < 4.78 is 34.0. The number of carboxylic acids is 1. The Hall–Kier alpha value is -2.81. The van der Waals surface area contributed by atoms with Gasteiger partial charge in [0.25, 0.3) is 7.82 Å². The van der Waals surface area contributed by atoms with Crippen LogP contribution in [-0.4, -0.2) is 109 Å². The van der Waals surface area contributed by atoms with Gasteiger partial charge in [0.1, 0.15) is 25.8 Å². The Kier molecular flexibility index (Phi) is 38.7. The third-order valence-corrected chi connectivity index (χ3v) is 12.1. The second kappa shape index (κ2) is 40.5. The van der Waals surface area contributed by atoms with Crippen LogP contribution in [0.2, 0.25) is 0 Å². The van der Waals surface area contributed by atoms with Gasteiger partial charge in [0.2, 0.25) is 0 Å². The van der Waals surface area contributed by atoms with Gasteiger partial charge >= 0.3 is 17.9 Å². The number of likely N-dealkylation sites (N-methyl/N-ethyl adjacent to an activating group) is 1. The van der Waals surface area contributed by atoms with Crippen molar-refractivity contribution in [3.8, 4) is 0 Å². The number of aliphatic hydroxyl groups excluding tert-OH is 1. The number of unbranched alkanes of at least 4 members (excludes halogenated alkanes) is 11. The Balaban J connectivity index is 5.26.